The van der Waals surface area contributed by atoms with Gasteiger partial charge in [-0.3, -0.25) is 0 Å². The maximum atomic E-state index is 10.1. The highest BCUT2D eigenvalue weighted by Crippen LogP contribution is 2.52. The SMILES string of the molecule is Oc1c(I)cc2c(c1I)C1=C(C=C(I)SC1I)C2. The van der Waals surface area contributed by atoms with E-state index < -0.39 is 0 Å². The van der Waals surface area contributed by atoms with E-state index in [1.165, 1.54) is 25.2 Å². The summed E-state index contributed by atoms with van der Waals surface area (Å²) in [6, 6.07) is 2.13. The van der Waals surface area contributed by atoms with E-state index in [0.29, 0.717) is 9.01 Å². The Morgan fingerprint density at radius 3 is 2.72 bits per heavy atom. The molecule has 1 nitrogen and oxygen atoms in total. The molecule has 0 fully saturated rings. The number of halogens is 4. The van der Waals surface area contributed by atoms with Crippen molar-refractivity contribution in [3.8, 4) is 5.75 Å². The minimum atomic E-state index is 0.432. The minimum Gasteiger partial charge on any atom is -0.506 e. The molecule has 1 aromatic carbocycles. The second-order valence-electron chi connectivity index (χ2n) is 4.05. The molecule has 1 aliphatic heterocycles. The number of alkyl halides is 1. The van der Waals surface area contributed by atoms with E-state index >= 15 is 0 Å². The summed E-state index contributed by atoms with van der Waals surface area (Å²) in [7, 11) is 0. The standard InChI is InChI=1S/C12H6I4OS/c13-6-2-4-1-5-3-7(14)18-12(16)9(5)8(4)10(15)11(6)17/h2-3,12,17H,1H2. The first-order valence-electron chi connectivity index (χ1n) is 5.10. The van der Waals surface area contributed by atoms with Crippen molar-refractivity contribution >= 4 is 108 Å². The molecule has 0 radical (unpaired) electrons. The first-order valence-corrected chi connectivity index (χ1v) is 10.5. The molecule has 1 heterocycles. The summed E-state index contributed by atoms with van der Waals surface area (Å²) in [6.07, 6.45) is 3.29. The molecular formula is C12H6I4OS. The number of hydrogen-bond acceptors (Lipinski definition) is 2. The van der Waals surface area contributed by atoms with Gasteiger partial charge in [0.2, 0.25) is 0 Å². The molecule has 1 aromatic rings. The predicted molar refractivity (Wildman–Crippen MR) is 112 cm³/mol. The molecule has 0 saturated carbocycles. The van der Waals surface area contributed by atoms with Gasteiger partial charge in [-0.05, 0) is 103 Å². The quantitative estimate of drug-likeness (QED) is 0.277. The Bertz CT molecular complexity index is 621. The number of aromatic hydroxyl groups is 1. The van der Waals surface area contributed by atoms with Crippen LogP contribution in [0.15, 0.2) is 20.6 Å². The fraction of sp³-hybridized carbons (Fsp3) is 0.167. The second kappa shape index (κ2) is 5.52. The van der Waals surface area contributed by atoms with Gasteiger partial charge in [-0.15, -0.1) is 11.8 Å². The van der Waals surface area contributed by atoms with Gasteiger partial charge in [0.15, 0.2) is 0 Å². The van der Waals surface area contributed by atoms with Gasteiger partial charge in [0, 0.05) is 8.48 Å². The molecule has 18 heavy (non-hydrogen) atoms. The summed E-state index contributed by atoms with van der Waals surface area (Å²) in [5.74, 6) is 0.432. The van der Waals surface area contributed by atoms with Crippen LogP contribution in [0.3, 0.4) is 0 Å². The lowest BCUT2D eigenvalue weighted by atomic mass is 10.1. The molecule has 0 amide bonds. The first kappa shape index (κ1) is 14.7. The van der Waals surface area contributed by atoms with Crippen LogP contribution in [0.5, 0.6) is 5.75 Å². The van der Waals surface area contributed by atoms with E-state index in [2.05, 4.69) is 103 Å². The van der Waals surface area contributed by atoms with Crippen molar-refractivity contribution in [2.24, 2.45) is 0 Å². The number of allylic oxidation sites excluding steroid dienone is 2. The number of hydrogen-bond donors (Lipinski definition) is 1. The topological polar surface area (TPSA) is 20.2 Å². The second-order valence-corrected chi connectivity index (χ2v) is 11.4. The molecule has 0 spiro atoms. The van der Waals surface area contributed by atoms with Crippen molar-refractivity contribution in [3.05, 3.63) is 38.9 Å². The summed E-state index contributed by atoms with van der Waals surface area (Å²) < 4.78 is 3.76. The molecule has 0 saturated heterocycles. The maximum absolute atomic E-state index is 10.1. The summed E-state index contributed by atoms with van der Waals surface area (Å²) in [5, 5.41) is 10.1. The van der Waals surface area contributed by atoms with Gasteiger partial charge < -0.3 is 5.11 Å². The lowest BCUT2D eigenvalue weighted by molar-refractivity contribution is 0.467. The van der Waals surface area contributed by atoms with E-state index in [9.17, 15) is 5.11 Å². The normalized spacial score (nSPS) is 21.8. The lowest BCUT2D eigenvalue weighted by Crippen LogP contribution is -2.02. The lowest BCUT2D eigenvalue weighted by Gasteiger charge is -2.19. The highest BCUT2D eigenvalue weighted by Gasteiger charge is 2.32. The van der Waals surface area contributed by atoms with Crippen molar-refractivity contribution in [1.29, 1.82) is 0 Å². The number of phenolic OH excluding ortho intramolecular Hbond substituents is 1. The Hall–Kier alpha value is 1.77. The Labute approximate surface area is 164 Å². The van der Waals surface area contributed by atoms with Crippen LogP contribution in [0.2, 0.25) is 0 Å². The van der Waals surface area contributed by atoms with Crippen LogP contribution >= 0.6 is 102 Å². The van der Waals surface area contributed by atoms with Crippen molar-refractivity contribution in [3.63, 3.8) is 0 Å². The summed E-state index contributed by atoms with van der Waals surface area (Å²) in [4.78, 5) is 0. The molecule has 6 heteroatoms. The van der Waals surface area contributed by atoms with Gasteiger partial charge in [-0.2, -0.15) is 0 Å². The first-order chi connectivity index (χ1) is 8.49. The van der Waals surface area contributed by atoms with Crippen LogP contribution in [0.25, 0.3) is 5.57 Å². The summed E-state index contributed by atoms with van der Waals surface area (Å²) >= 11 is 11.3. The van der Waals surface area contributed by atoms with Gasteiger partial charge in [0.05, 0.1) is 10.4 Å². The number of fused-ring (bicyclic) bond motifs is 2. The molecule has 1 aliphatic carbocycles. The average molecular weight is 706 g/mol. The Balaban J connectivity index is 2.25. The fourth-order valence-electron chi connectivity index (χ4n) is 2.27. The number of rotatable bonds is 0. The Morgan fingerprint density at radius 2 is 2.00 bits per heavy atom. The van der Waals surface area contributed by atoms with Crippen LogP contribution in [0.1, 0.15) is 11.1 Å². The largest absolute Gasteiger partial charge is 0.506 e. The zero-order chi connectivity index (χ0) is 13.0. The zero-order valence-corrected chi connectivity index (χ0v) is 18.3. The van der Waals surface area contributed by atoms with Gasteiger partial charge >= 0.3 is 0 Å². The highest BCUT2D eigenvalue weighted by molar-refractivity contribution is 14.1. The van der Waals surface area contributed by atoms with E-state index in [1.807, 2.05) is 11.8 Å². The third-order valence-corrected chi connectivity index (χ3v) is 8.12. The predicted octanol–water partition coefficient (Wildman–Crippen LogP) is 5.70. The van der Waals surface area contributed by atoms with Crippen molar-refractivity contribution in [1.82, 2.24) is 0 Å². The van der Waals surface area contributed by atoms with Crippen LogP contribution in [-0.2, 0) is 6.42 Å². The molecule has 0 bridgehead atoms. The van der Waals surface area contributed by atoms with Gasteiger partial charge in [-0.1, -0.05) is 22.6 Å². The molecule has 2 aliphatic rings. The molecule has 94 valence electrons. The third-order valence-electron chi connectivity index (χ3n) is 3.00. The van der Waals surface area contributed by atoms with E-state index in [4.69, 9.17) is 0 Å². The molecule has 1 unspecified atom stereocenters. The number of phenols is 1. The molecule has 1 N–H and O–H groups in total. The van der Waals surface area contributed by atoms with Gasteiger partial charge in [-0.25, -0.2) is 0 Å². The van der Waals surface area contributed by atoms with Crippen LogP contribution in [0, 0.1) is 7.14 Å². The minimum absolute atomic E-state index is 0.432. The Morgan fingerprint density at radius 1 is 1.28 bits per heavy atom. The molecular weight excluding hydrogens is 700 g/mol. The molecule has 0 aromatic heterocycles. The van der Waals surface area contributed by atoms with Crippen LogP contribution in [0.4, 0.5) is 0 Å². The van der Waals surface area contributed by atoms with Crippen molar-refractivity contribution in [2.45, 2.75) is 9.68 Å². The van der Waals surface area contributed by atoms with Crippen LogP contribution in [-0.4, -0.2) is 8.36 Å². The van der Waals surface area contributed by atoms with Crippen LogP contribution < -0.4 is 0 Å². The van der Waals surface area contributed by atoms with Crippen molar-refractivity contribution in [2.75, 3.05) is 0 Å². The van der Waals surface area contributed by atoms with Gasteiger partial charge in [0.1, 0.15) is 5.75 Å². The highest BCUT2D eigenvalue weighted by atomic mass is 127. The molecule has 1 atom stereocenters. The van der Waals surface area contributed by atoms with Gasteiger partial charge in [0.25, 0.3) is 0 Å². The zero-order valence-electron chi connectivity index (χ0n) is 8.81. The average Bonchev–Trinajstić information content (AvgIpc) is 2.64. The van der Waals surface area contributed by atoms with E-state index in [1.54, 1.807) is 0 Å². The number of thioether (sulfide) groups is 1. The van der Waals surface area contributed by atoms with Crippen molar-refractivity contribution < 1.29 is 5.11 Å². The van der Waals surface area contributed by atoms with E-state index in [0.717, 1.165) is 13.6 Å². The summed E-state index contributed by atoms with van der Waals surface area (Å²) in [6.45, 7) is 0. The molecule has 3 rings (SSSR count). The number of benzene rings is 1. The Kier molecular flexibility index (Phi) is 4.51. The monoisotopic (exact) mass is 706 g/mol. The van der Waals surface area contributed by atoms with E-state index in [-0.39, 0.29) is 0 Å². The summed E-state index contributed by atoms with van der Waals surface area (Å²) in [5.41, 5.74) is 5.46. The third kappa shape index (κ3) is 2.39. The maximum Gasteiger partial charge on any atom is 0.142 e. The smallest absolute Gasteiger partial charge is 0.142 e. The fourth-order valence-corrected chi connectivity index (χ4v) is 9.28.